The van der Waals surface area contributed by atoms with Gasteiger partial charge in [-0.3, -0.25) is 0 Å². The molecule has 1 N–H and O–H groups in total. The lowest BCUT2D eigenvalue weighted by molar-refractivity contribution is 0.389. The van der Waals surface area contributed by atoms with E-state index in [0.29, 0.717) is 0 Å². The van der Waals surface area contributed by atoms with Crippen molar-refractivity contribution in [2.45, 2.75) is 31.7 Å². The Balaban J connectivity index is 1.55. The van der Waals surface area contributed by atoms with Crippen LogP contribution in [-0.4, -0.2) is 35.6 Å². The largest absolute Gasteiger partial charge is 0.356 e. The van der Waals surface area contributed by atoms with Crippen LogP contribution in [0.25, 0.3) is 0 Å². The molecule has 0 aromatic carbocycles. The lowest BCUT2D eigenvalue weighted by Gasteiger charge is -2.33. The molecule has 1 atom stereocenters. The van der Waals surface area contributed by atoms with Crippen molar-refractivity contribution in [1.82, 2.24) is 15.3 Å². The lowest BCUT2D eigenvalue weighted by atomic mass is 9.98. The molecule has 2 fully saturated rings. The first-order valence-corrected chi connectivity index (χ1v) is 6.66. The third-order valence-electron chi connectivity index (χ3n) is 3.68. The molecule has 1 aromatic heterocycles. The van der Waals surface area contributed by atoms with Crippen LogP contribution in [0.2, 0.25) is 0 Å². The predicted molar refractivity (Wildman–Crippen MR) is 68.0 cm³/mol. The van der Waals surface area contributed by atoms with E-state index in [2.05, 4.69) is 20.2 Å². The summed E-state index contributed by atoms with van der Waals surface area (Å²) in [6.07, 6.45) is 8.85. The van der Waals surface area contributed by atoms with Crippen LogP contribution in [0.15, 0.2) is 18.6 Å². The highest BCUT2D eigenvalue weighted by atomic mass is 15.2. The number of anilines is 1. The van der Waals surface area contributed by atoms with Gasteiger partial charge in [-0.05, 0) is 44.2 Å². The van der Waals surface area contributed by atoms with Gasteiger partial charge in [0.2, 0.25) is 0 Å². The summed E-state index contributed by atoms with van der Waals surface area (Å²) in [7, 11) is 0. The van der Waals surface area contributed by atoms with Crippen molar-refractivity contribution in [3.8, 4) is 0 Å². The van der Waals surface area contributed by atoms with Gasteiger partial charge in [-0.1, -0.05) is 0 Å². The van der Waals surface area contributed by atoms with E-state index in [9.17, 15) is 0 Å². The Morgan fingerprint density at radius 3 is 3.06 bits per heavy atom. The van der Waals surface area contributed by atoms with Gasteiger partial charge in [0.15, 0.2) is 0 Å². The van der Waals surface area contributed by atoms with Gasteiger partial charge >= 0.3 is 0 Å². The number of nitrogens with one attached hydrogen (secondary N) is 1. The van der Waals surface area contributed by atoms with Crippen molar-refractivity contribution in [1.29, 1.82) is 0 Å². The first kappa shape index (κ1) is 11.0. The van der Waals surface area contributed by atoms with Gasteiger partial charge in [0.25, 0.3) is 0 Å². The van der Waals surface area contributed by atoms with E-state index in [-0.39, 0.29) is 0 Å². The molecule has 1 saturated heterocycles. The Hall–Kier alpha value is -1.16. The summed E-state index contributed by atoms with van der Waals surface area (Å²) in [5, 5.41) is 3.64. The minimum Gasteiger partial charge on any atom is -0.356 e. The first-order valence-electron chi connectivity index (χ1n) is 6.66. The molecule has 17 heavy (non-hydrogen) atoms. The van der Waals surface area contributed by atoms with Crippen LogP contribution in [0.3, 0.4) is 0 Å². The lowest BCUT2D eigenvalue weighted by Crippen LogP contribution is -2.40. The standard InChI is InChI=1S/C13H20N4/c1-2-11(8-15-12-3-4-12)9-17(7-1)13-5-6-14-10-16-13/h5-6,10-12,15H,1-4,7-9H2. The predicted octanol–water partition coefficient (Wildman–Crippen LogP) is 1.44. The minimum absolute atomic E-state index is 0.777. The maximum absolute atomic E-state index is 4.34. The molecule has 4 heteroatoms. The molecule has 1 aliphatic heterocycles. The Morgan fingerprint density at radius 2 is 2.29 bits per heavy atom. The first-order chi connectivity index (χ1) is 8.42. The summed E-state index contributed by atoms with van der Waals surface area (Å²) < 4.78 is 0. The van der Waals surface area contributed by atoms with Crippen LogP contribution in [0, 0.1) is 5.92 Å². The summed E-state index contributed by atoms with van der Waals surface area (Å²) in [6, 6.07) is 2.83. The molecule has 0 radical (unpaired) electrons. The molecule has 1 aliphatic carbocycles. The molecule has 0 bridgehead atoms. The number of piperidine rings is 1. The Bertz CT molecular complexity index is 350. The quantitative estimate of drug-likeness (QED) is 0.853. The fraction of sp³-hybridized carbons (Fsp3) is 0.692. The van der Waals surface area contributed by atoms with Crippen LogP contribution in [0.4, 0.5) is 5.82 Å². The molecule has 2 heterocycles. The summed E-state index contributed by atoms with van der Waals surface area (Å²) in [6.45, 7) is 3.44. The van der Waals surface area contributed by atoms with Crippen LogP contribution in [0.1, 0.15) is 25.7 Å². The average molecular weight is 232 g/mol. The van der Waals surface area contributed by atoms with Crippen LogP contribution in [0.5, 0.6) is 0 Å². The Labute approximate surface area is 102 Å². The van der Waals surface area contributed by atoms with Gasteiger partial charge in [-0.2, -0.15) is 0 Å². The average Bonchev–Trinajstić information content (AvgIpc) is 3.22. The number of hydrogen-bond donors (Lipinski definition) is 1. The molecule has 92 valence electrons. The van der Waals surface area contributed by atoms with Crippen molar-refractivity contribution >= 4 is 5.82 Å². The fourth-order valence-corrected chi connectivity index (χ4v) is 2.53. The second kappa shape index (κ2) is 5.00. The highest BCUT2D eigenvalue weighted by Crippen LogP contribution is 2.23. The van der Waals surface area contributed by atoms with E-state index in [1.165, 1.54) is 32.2 Å². The highest BCUT2D eigenvalue weighted by molar-refractivity contribution is 5.36. The number of aromatic nitrogens is 2. The SMILES string of the molecule is c1cc(N2CCCC(CNC3CC3)C2)ncn1. The molecule has 3 rings (SSSR count). The molecule has 4 nitrogen and oxygen atoms in total. The van der Waals surface area contributed by atoms with Crippen molar-refractivity contribution < 1.29 is 0 Å². The van der Waals surface area contributed by atoms with Crippen molar-refractivity contribution in [3.05, 3.63) is 18.6 Å². The van der Waals surface area contributed by atoms with E-state index < -0.39 is 0 Å². The summed E-state index contributed by atoms with van der Waals surface area (Å²) in [5.74, 6) is 1.86. The van der Waals surface area contributed by atoms with E-state index in [4.69, 9.17) is 0 Å². The van der Waals surface area contributed by atoms with Gasteiger partial charge in [0, 0.05) is 25.3 Å². The molecule has 2 aliphatic rings. The minimum atomic E-state index is 0.777. The van der Waals surface area contributed by atoms with Gasteiger partial charge < -0.3 is 10.2 Å². The molecular formula is C13H20N4. The molecular weight excluding hydrogens is 212 g/mol. The summed E-state index contributed by atoms with van der Waals surface area (Å²) in [4.78, 5) is 10.7. The van der Waals surface area contributed by atoms with E-state index in [0.717, 1.165) is 30.9 Å². The number of hydrogen-bond acceptors (Lipinski definition) is 4. The summed E-state index contributed by atoms with van der Waals surface area (Å²) in [5.41, 5.74) is 0. The number of rotatable bonds is 4. The third-order valence-corrected chi connectivity index (χ3v) is 3.68. The molecule has 1 aromatic rings. The molecule has 1 unspecified atom stereocenters. The molecule has 0 spiro atoms. The Kier molecular flexibility index (Phi) is 3.22. The maximum Gasteiger partial charge on any atom is 0.131 e. The molecule has 1 saturated carbocycles. The number of nitrogens with zero attached hydrogens (tertiary/aromatic N) is 3. The van der Waals surface area contributed by atoms with E-state index in [1.54, 1.807) is 6.33 Å². The fourth-order valence-electron chi connectivity index (χ4n) is 2.53. The topological polar surface area (TPSA) is 41.0 Å². The normalized spacial score (nSPS) is 24.9. The zero-order valence-corrected chi connectivity index (χ0v) is 10.2. The van der Waals surface area contributed by atoms with Crippen LogP contribution < -0.4 is 10.2 Å². The third kappa shape index (κ3) is 2.94. The van der Waals surface area contributed by atoms with Gasteiger partial charge in [0.1, 0.15) is 12.1 Å². The summed E-state index contributed by atoms with van der Waals surface area (Å²) >= 11 is 0. The van der Waals surface area contributed by atoms with Crippen molar-refractivity contribution in [2.75, 3.05) is 24.5 Å². The second-order valence-corrected chi connectivity index (χ2v) is 5.20. The van der Waals surface area contributed by atoms with E-state index >= 15 is 0 Å². The molecule has 0 amide bonds. The highest BCUT2D eigenvalue weighted by Gasteiger charge is 2.25. The van der Waals surface area contributed by atoms with Crippen LogP contribution in [-0.2, 0) is 0 Å². The van der Waals surface area contributed by atoms with Gasteiger partial charge in [0.05, 0.1) is 0 Å². The second-order valence-electron chi connectivity index (χ2n) is 5.20. The Morgan fingerprint density at radius 1 is 1.35 bits per heavy atom. The monoisotopic (exact) mass is 232 g/mol. The van der Waals surface area contributed by atoms with Gasteiger partial charge in [-0.15, -0.1) is 0 Å². The van der Waals surface area contributed by atoms with Crippen molar-refractivity contribution in [3.63, 3.8) is 0 Å². The maximum atomic E-state index is 4.34. The zero-order chi connectivity index (χ0) is 11.5. The van der Waals surface area contributed by atoms with E-state index in [1.807, 2.05) is 12.3 Å². The van der Waals surface area contributed by atoms with Crippen LogP contribution >= 0.6 is 0 Å². The zero-order valence-electron chi connectivity index (χ0n) is 10.2. The smallest absolute Gasteiger partial charge is 0.131 e. The van der Waals surface area contributed by atoms with Crippen molar-refractivity contribution in [2.24, 2.45) is 5.92 Å². The van der Waals surface area contributed by atoms with Gasteiger partial charge in [-0.25, -0.2) is 9.97 Å².